The maximum atomic E-state index is 14.8. The molecule has 0 N–H and O–H groups in total. The highest BCUT2D eigenvalue weighted by atomic mass is 32.2. The molecule has 218 valence electrons. The van der Waals surface area contributed by atoms with Gasteiger partial charge in [-0.25, -0.2) is 9.18 Å². The van der Waals surface area contributed by atoms with Crippen LogP contribution in [-0.2, 0) is 22.3 Å². The second-order valence-electron chi connectivity index (χ2n) is 10.5. The van der Waals surface area contributed by atoms with Gasteiger partial charge in [-0.2, -0.15) is 18.2 Å². The highest BCUT2D eigenvalue weighted by Crippen LogP contribution is 2.48. The van der Waals surface area contributed by atoms with Crippen molar-refractivity contribution in [2.75, 3.05) is 37.5 Å². The van der Waals surface area contributed by atoms with E-state index in [-0.39, 0.29) is 65.9 Å². The molecule has 5 rings (SSSR count). The lowest BCUT2D eigenvalue weighted by Gasteiger charge is -2.44. The van der Waals surface area contributed by atoms with Crippen LogP contribution in [0.15, 0.2) is 52.7 Å². The fourth-order valence-corrected chi connectivity index (χ4v) is 7.29. The maximum Gasteiger partial charge on any atom is 0.417 e. The largest absolute Gasteiger partial charge is 0.417 e. The zero-order valence-electron chi connectivity index (χ0n) is 22.9. The predicted molar refractivity (Wildman–Crippen MR) is 151 cm³/mol. The van der Waals surface area contributed by atoms with E-state index in [4.69, 9.17) is 4.74 Å². The number of hydrogen-bond acceptors (Lipinski definition) is 6. The van der Waals surface area contributed by atoms with Crippen LogP contribution in [0.4, 0.5) is 23.4 Å². The number of anilines is 1. The van der Waals surface area contributed by atoms with Crippen LogP contribution in [0.3, 0.4) is 0 Å². The summed E-state index contributed by atoms with van der Waals surface area (Å²) in [5, 5.41) is 0.200. The van der Waals surface area contributed by atoms with Crippen molar-refractivity contribution in [3.63, 3.8) is 0 Å². The summed E-state index contributed by atoms with van der Waals surface area (Å²) < 4.78 is 64.9. The SMILES string of the molecule is C=CC(=O)N1[C@H](C)CN(c2nc(=O)n3c4c(c(-c5ccc(F)cc5)c(C(F)(F)F)cc24)SC[C@@H](COC)C3)C[C@@H]1C. The van der Waals surface area contributed by atoms with Gasteiger partial charge >= 0.3 is 11.9 Å². The van der Waals surface area contributed by atoms with Crippen LogP contribution < -0.4 is 10.6 Å². The van der Waals surface area contributed by atoms with Crippen molar-refractivity contribution in [3.8, 4) is 11.1 Å². The third kappa shape index (κ3) is 5.34. The Balaban J connectivity index is 1.80. The van der Waals surface area contributed by atoms with Crippen LogP contribution in [0.25, 0.3) is 22.0 Å². The molecule has 12 heteroatoms. The first-order valence-electron chi connectivity index (χ1n) is 13.2. The van der Waals surface area contributed by atoms with Crippen molar-refractivity contribution in [1.82, 2.24) is 14.5 Å². The molecule has 2 aliphatic heterocycles. The third-order valence-electron chi connectivity index (χ3n) is 7.59. The van der Waals surface area contributed by atoms with E-state index in [1.165, 1.54) is 41.6 Å². The standard InChI is InChI=1S/C29H30F4N4O3S/c1-5-23(38)37-16(2)11-35(12-17(37)3)27-21-10-22(29(31,32)33)24(19-6-8-20(30)9-7-19)26-25(21)36(28(39)34-27)13-18(14-40-4)15-41-26/h5-10,16-18H,1,11-15H2,2-4H3/t16-,17+,18-/m1/s1. The summed E-state index contributed by atoms with van der Waals surface area (Å²) in [5.41, 5.74) is -1.00. The number of alkyl halides is 3. The second-order valence-corrected chi connectivity index (χ2v) is 11.6. The van der Waals surface area contributed by atoms with Crippen LogP contribution in [0, 0.1) is 11.7 Å². The normalized spacial score (nSPS) is 21.2. The predicted octanol–water partition coefficient (Wildman–Crippen LogP) is 5.20. The molecule has 0 bridgehead atoms. The van der Waals surface area contributed by atoms with Gasteiger partial charge in [0.25, 0.3) is 0 Å². The molecule has 41 heavy (non-hydrogen) atoms. The van der Waals surface area contributed by atoms with Gasteiger partial charge in [-0.15, -0.1) is 11.8 Å². The Bertz CT molecular complexity index is 1550. The average molecular weight is 591 g/mol. The van der Waals surface area contributed by atoms with Gasteiger partial charge < -0.3 is 14.5 Å². The number of carbonyl (C=O) groups is 1. The van der Waals surface area contributed by atoms with Crippen LogP contribution in [-0.4, -0.2) is 65.0 Å². The zero-order valence-corrected chi connectivity index (χ0v) is 23.7. The Labute approximate surface area is 238 Å². The van der Waals surface area contributed by atoms with Crippen molar-refractivity contribution >= 4 is 34.4 Å². The lowest BCUT2D eigenvalue weighted by atomic mass is 9.96. The second kappa shape index (κ2) is 11.1. The van der Waals surface area contributed by atoms with Crippen molar-refractivity contribution in [2.45, 2.75) is 43.5 Å². The van der Waals surface area contributed by atoms with E-state index in [1.54, 1.807) is 9.80 Å². The first kappa shape index (κ1) is 29.1. The van der Waals surface area contributed by atoms with Gasteiger partial charge in [-0.3, -0.25) is 9.36 Å². The van der Waals surface area contributed by atoms with Crippen molar-refractivity contribution in [2.24, 2.45) is 5.92 Å². The van der Waals surface area contributed by atoms with Crippen LogP contribution in [0.5, 0.6) is 0 Å². The summed E-state index contributed by atoms with van der Waals surface area (Å²) in [6.07, 6.45) is -3.51. The Hall–Kier alpha value is -3.38. The number of piperazine rings is 1. The number of benzene rings is 2. The molecular weight excluding hydrogens is 560 g/mol. The monoisotopic (exact) mass is 590 g/mol. The molecule has 1 aromatic heterocycles. The van der Waals surface area contributed by atoms with E-state index in [2.05, 4.69) is 11.6 Å². The van der Waals surface area contributed by atoms with E-state index < -0.39 is 23.2 Å². The first-order chi connectivity index (χ1) is 19.4. The summed E-state index contributed by atoms with van der Waals surface area (Å²) in [6, 6.07) is 5.34. The minimum atomic E-state index is -4.75. The van der Waals surface area contributed by atoms with Gasteiger partial charge in [0.1, 0.15) is 11.6 Å². The summed E-state index contributed by atoms with van der Waals surface area (Å²) in [7, 11) is 1.53. The molecule has 0 unspecified atom stereocenters. The van der Waals surface area contributed by atoms with Crippen LogP contribution >= 0.6 is 11.8 Å². The molecule has 7 nitrogen and oxygen atoms in total. The molecule has 0 saturated carbocycles. The zero-order chi connectivity index (χ0) is 29.6. The quantitative estimate of drug-likeness (QED) is 0.301. The summed E-state index contributed by atoms with van der Waals surface area (Å²) >= 11 is 1.23. The highest BCUT2D eigenvalue weighted by Gasteiger charge is 2.39. The fraction of sp³-hybridized carbons (Fsp3) is 0.414. The average Bonchev–Trinajstić information content (AvgIpc) is 3.11. The topological polar surface area (TPSA) is 67.7 Å². The highest BCUT2D eigenvalue weighted by molar-refractivity contribution is 7.99. The maximum absolute atomic E-state index is 14.8. The molecule has 0 aliphatic carbocycles. The lowest BCUT2D eigenvalue weighted by molar-refractivity contribution is -0.137. The Morgan fingerprint density at radius 2 is 1.83 bits per heavy atom. The molecule has 3 aromatic rings. The smallest absolute Gasteiger partial charge is 0.384 e. The lowest BCUT2D eigenvalue weighted by Crippen LogP contribution is -2.58. The molecule has 0 radical (unpaired) electrons. The minimum Gasteiger partial charge on any atom is -0.384 e. The molecule has 3 atom stereocenters. The molecule has 2 aliphatic rings. The number of methoxy groups -OCH3 is 1. The number of thioether (sulfide) groups is 1. The van der Waals surface area contributed by atoms with Gasteiger partial charge in [0.15, 0.2) is 0 Å². The van der Waals surface area contributed by atoms with Crippen molar-refractivity contribution in [3.05, 3.63) is 64.9 Å². The number of nitrogens with zero attached hydrogens (tertiary/aromatic N) is 4. The number of carbonyl (C=O) groups excluding carboxylic acids is 1. The number of rotatable bonds is 5. The Morgan fingerprint density at radius 1 is 1.17 bits per heavy atom. The number of aromatic nitrogens is 2. The number of ether oxygens (including phenoxy) is 1. The third-order valence-corrected chi connectivity index (χ3v) is 8.92. The molecule has 1 amide bonds. The van der Waals surface area contributed by atoms with E-state index >= 15 is 0 Å². The van der Waals surface area contributed by atoms with Gasteiger partial charge in [0, 0.05) is 66.3 Å². The number of hydrogen-bond donors (Lipinski definition) is 0. The van der Waals surface area contributed by atoms with Crippen LogP contribution in [0.2, 0.25) is 0 Å². The Kier molecular flexibility index (Phi) is 7.90. The number of halogens is 4. The van der Waals surface area contributed by atoms with Gasteiger partial charge in [-0.05, 0) is 43.7 Å². The molecule has 2 aromatic carbocycles. The molecule has 0 spiro atoms. The van der Waals surface area contributed by atoms with Crippen LogP contribution in [0.1, 0.15) is 19.4 Å². The van der Waals surface area contributed by atoms with E-state index in [9.17, 15) is 27.2 Å². The van der Waals surface area contributed by atoms with Gasteiger partial charge in [0.05, 0.1) is 17.7 Å². The Morgan fingerprint density at radius 3 is 2.41 bits per heavy atom. The van der Waals surface area contributed by atoms with Crippen molar-refractivity contribution < 1.29 is 27.1 Å². The van der Waals surface area contributed by atoms with E-state index in [1.807, 2.05) is 13.8 Å². The van der Waals surface area contributed by atoms with Gasteiger partial charge in [-0.1, -0.05) is 18.7 Å². The first-order valence-corrected chi connectivity index (χ1v) is 14.2. The molecule has 1 fully saturated rings. The van der Waals surface area contributed by atoms with Gasteiger partial charge in [0.2, 0.25) is 5.91 Å². The minimum absolute atomic E-state index is 0.0958. The summed E-state index contributed by atoms with van der Waals surface area (Å²) in [5.74, 6) is -0.410. The molecule has 3 heterocycles. The molecule has 1 saturated heterocycles. The van der Waals surface area contributed by atoms with Crippen molar-refractivity contribution in [1.29, 1.82) is 0 Å². The fourth-order valence-electron chi connectivity index (χ4n) is 5.95. The number of amides is 1. The summed E-state index contributed by atoms with van der Waals surface area (Å²) in [6.45, 7) is 8.32. The molecular formula is C29H30F4N4O3S. The van der Waals surface area contributed by atoms with E-state index in [0.717, 1.165) is 18.2 Å². The van der Waals surface area contributed by atoms with E-state index in [0.29, 0.717) is 22.8 Å². The summed E-state index contributed by atoms with van der Waals surface area (Å²) in [4.78, 5) is 34.2.